The van der Waals surface area contributed by atoms with Gasteiger partial charge < -0.3 is 14.8 Å². The largest absolute Gasteiger partial charge is 0.493 e. The fraction of sp³-hybridized carbons (Fsp3) is 0.212. The van der Waals surface area contributed by atoms with Crippen molar-refractivity contribution in [3.8, 4) is 28.3 Å². The number of rotatable bonds is 7. The highest BCUT2D eigenvalue weighted by atomic mass is 35.5. The number of nitrogens with one attached hydrogen (secondary N) is 1. The number of carbonyl (C=O) groups is 1. The molecule has 4 aromatic carbocycles. The molecule has 0 bridgehead atoms. The van der Waals surface area contributed by atoms with Gasteiger partial charge in [0.05, 0.1) is 32.0 Å². The van der Waals surface area contributed by atoms with Crippen LogP contribution in [0.5, 0.6) is 11.5 Å². The Balaban J connectivity index is 1.55. The first-order valence-electron chi connectivity index (χ1n) is 13.7. The van der Waals surface area contributed by atoms with Gasteiger partial charge >= 0.3 is 0 Å². The molecule has 1 N–H and O–H groups in total. The van der Waals surface area contributed by atoms with Crippen LogP contribution in [0.15, 0.2) is 77.8 Å². The van der Waals surface area contributed by atoms with E-state index in [1.165, 1.54) is 0 Å². The second kappa shape index (κ2) is 11.3. The molecule has 2 heterocycles. The van der Waals surface area contributed by atoms with E-state index in [9.17, 15) is 4.79 Å². The number of nitrogens with zero attached hydrogens (tertiary/aromatic N) is 4. The van der Waals surface area contributed by atoms with Crippen LogP contribution in [0.3, 0.4) is 0 Å². The fourth-order valence-corrected chi connectivity index (χ4v) is 5.58. The van der Waals surface area contributed by atoms with E-state index >= 15 is 0 Å². The van der Waals surface area contributed by atoms with Gasteiger partial charge in [0, 0.05) is 22.7 Å². The topological polar surface area (TPSA) is 90.6 Å². The van der Waals surface area contributed by atoms with Gasteiger partial charge in [0.2, 0.25) is 5.91 Å². The molecule has 1 amide bonds. The fourth-order valence-electron chi connectivity index (χ4n) is 5.45. The first-order chi connectivity index (χ1) is 20.4. The Hall–Kier alpha value is -4.69. The van der Waals surface area contributed by atoms with Gasteiger partial charge in [0.25, 0.3) is 0 Å². The minimum Gasteiger partial charge on any atom is -0.493 e. The van der Waals surface area contributed by atoms with Crippen molar-refractivity contribution in [1.29, 1.82) is 0 Å². The van der Waals surface area contributed by atoms with E-state index in [0.29, 0.717) is 28.9 Å². The highest BCUT2D eigenvalue weighted by Gasteiger charge is 2.30. The van der Waals surface area contributed by atoms with E-state index in [-0.39, 0.29) is 12.3 Å². The monoisotopic (exact) mass is 579 g/mol. The third-order valence-corrected chi connectivity index (χ3v) is 7.72. The number of hydrogen-bond donors (Lipinski definition) is 1. The van der Waals surface area contributed by atoms with Gasteiger partial charge in [-0.15, -0.1) is 10.2 Å². The number of methoxy groups -OCH3 is 2. The van der Waals surface area contributed by atoms with Crippen LogP contribution >= 0.6 is 11.6 Å². The zero-order chi connectivity index (χ0) is 29.4. The zero-order valence-electron chi connectivity index (χ0n) is 23.8. The molecular weight excluding hydrogens is 550 g/mol. The van der Waals surface area contributed by atoms with Crippen LogP contribution in [0.25, 0.3) is 27.6 Å². The molecule has 1 aliphatic rings. The third kappa shape index (κ3) is 4.99. The molecule has 1 aromatic heterocycles. The van der Waals surface area contributed by atoms with E-state index in [4.69, 9.17) is 26.1 Å². The number of aromatic nitrogens is 3. The maximum absolute atomic E-state index is 12.8. The number of carbonyl (C=O) groups excluding carboxylic acids is 1. The van der Waals surface area contributed by atoms with Crippen molar-refractivity contribution < 1.29 is 14.3 Å². The predicted molar refractivity (Wildman–Crippen MR) is 165 cm³/mol. The molecule has 5 aromatic rings. The van der Waals surface area contributed by atoms with Crippen LogP contribution in [-0.4, -0.2) is 47.1 Å². The lowest BCUT2D eigenvalue weighted by atomic mass is 9.94. The normalized spacial score (nSPS) is 14.0. The van der Waals surface area contributed by atoms with E-state index < -0.39 is 6.04 Å². The smallest absolute Gasteiger partial charge is 0.222 e. The van der Waals surface area contributed by atoms with Crippen LogP contribution in [0, 0.1) is 6.92 Å². The number of aliphatic imine (C=N–C) groups is 1. The number of halogens is 1. The van der Waals surface area contributed by atoms with Gasteiger partial charge in [-0.05, 0) is 78.2 Å². The van der Waals surface area contributed by atoms with Gasteiger partial charge in [-0.2, -0.15) is 0 Å². The Morgan fingerprint density at radius 1 is 0.881 bits per heavy atom. The van der Waals surface area contributed by atoms with Gasteiger partial charge in [0.15, 0.2) is 17.3 Å². The number of amides is 1. The van der Waals surface area contributed by atoms with Crippen molar-refractivity contribution in [2.75, 3.05) is 20.8 Å². The van der Waals surface area contributed by atoms with Crippen LogP contribution in [0.1, 0.15) is 42.2 Å². The summed E-state index contributed by atoms with van der Waals surface area (Å²) >= 11 is 6.25. The van der Waals surface area contributed by atoms with Crippen molar-refractivity contribution in [3.05, 3.63) is 101 Å². The summed E-state index contributed by atoms with van der Waals surface area (Å²) in [5, 5.41) is 14.5. The van der Waals surface area contributed by atoms with Crippen molar-refractivity contribution in [2.24, 2.45) is 4.99 Å². The summed E-state index contributed by atoms with van der Waals surface area (Å²) in [7, 11) is 3.27. The number of hydrogen-bond acceptors (Lipinski definition) is 6. The Bertz CT molecular complexity index is 1850. The molecule has 8 nitrogen and oxygen atoms in total. The number of fused-ring (bicyclic) bond motifs is 4. The maximum Gasteiger partial charge on any atom is 0.222 e. The highest BCUT2D eigenvalue weighted by Crippen LogP contribution is 2.37. The first kappa shape index (κ1) is 27.5. The Kier molecular flexibility index (Phi) is 7.39. The number of ether oxygens (including phenoxy) is 2. The molecule has 0 unspecified atom stereocenters. The predicted octanol–water partition coefficient (Wildman–Crippen LogP) is 6.48. The minimum absolute atomic E-state index is 0.0937. The van der Waals surface area contributed by atoms with Crippen molar-refractivity contribution >= 4 is 34.0 Å². The van der Waals surface area contributed by atoms with E-state index in [2.05, 4.69) is 51.9 Å². The van der Waals surface area contributed by atoms with Crippen LogP contribution in [0.4, 0.5) is 0 Å². The molecule has 0 spiro atoms. The molecule has 0 saturated carbocycles. The average Bonchev–Trinajstić information content (AvgIpc) is 3.33. The molecule has 0 fully saturated rings. The summed E-state index contributed by atoms with van der Waals surface area (Å²) in [5.74, 6) is 2.62. The van der Waals surface area contributed by atoms with Gasteiger partial charge in [-0.25, -0.2) is 0 Å². The SMILES string of the molecule is CCNC(=O)C[C@@H]1N=C(c2ccc(Cl)cc2)c2cc(-c3ccc4cc(OC)c(OC)cc4c3)ccc2-n2c(C)nnc21. The second-order valence-electron chi connectivity index (χ2n) is 10.1. The summed E-state index contributed by atoms with van der Waals surface area (Å²) < 4.78 is 13.0. The summed E-state index contributed by atoms with van der Waals surface area (Å²) in [6.07, 6.45) is 0.153. The molecule has 1 atom stereocenters. The van der Waals surface area contributed by atoms with Crippen LogP contribution in [0.2, 0.25) is 5.02 Å². The number of benzene rings is 4. The summed E-state index contributed by atoms with van der Waals surface area (Å²) in [5.41, 5.74) is 5.51. The number of aryl methyl sites for hydroxylation is 1. The van der Waals surface area contributed by atoms with Crippen LogP contribution in [-0.2, 0) is 4.79 Å². The Morgan fingerprint density at radius 2 is 1.55 bits per heavy atom. The van der Waals surface area contributed by atoms with E-state index in [0.717, 1.165) is 50.2 Å². The lowest BCUT2D eigenvalue weighted by Gasteiger charge is -2.15. The Morgan fingerprint density at radius 3 is 2.26 bits per heavy atom. The highest BCUT2D eigenvalue weighted by molar-refractivity contribution is 6.30. The van der Waals surface area contributed by atoms with Gasteiger partial charge in [-0.1, -0.05) is 41.9 Å². The molecule has 9 heteroatoms. The second-order valence-corrected chi connectivity index (χ2v) is 10.5. The first-order valence-corrected chi connectivity index (χ1v) is 14.1. The average molecular weight is 580 g/mol. The quantitative estimate of drug-likeness (QED) is 0.238. The van der Waals surface area contributed by atoms with Crippen molar-refractivity contribution in [3.63, 3.8) is 0 Å². The molecule has 0 saturated heterocycles. The molecule has 0 aliphatic carbocycles. The van der Waals surface area contributed by atoms with E-state index in [1.54, 1.807) is 14.2 Å². The summed E-state index contributed by atoms with van der Waals surface area (Å²) in [4.78, 5) is 17.9. The van der Waals surface area contributed by atoms with E-state index in [1.807, 2.05) is 54.8 Å². The lowest BCUT2D eigenvalue weighted by molar-refractivity contribution is -0.121. The summed E-state index contributed by atoms with van der Waals surface area (Å²) in [6, 6.07) is 23.7. The standard InChI is InChI=1S/C33H30ClN5O3/c1-5-35-31(40)18-27-33-38-37-19(2)39(33)28-13-10-22(15-26(28)32(36-27)20-8-11-25(34)12-9-20)21-6-7-23-16-29(41-3)30(42-4)17-24(23)14-21/h6-17,27H,5,18H2,1-4H3,(H,35,40)/t27-/m0/s1. The Labute approximate surface area is 249 Å². The zero-order valence-corrected chi connectivity index (χ0v) is 24.6. The lowest BCUT2D eigenvalue weighted by Crippen LogP contribution is -2.25. The van der Waals surface area contributed by atoms with Gasteiger partial charge in [0.1, 0.15) is 11.9 Å². The minimum atomic E-state index is -0.526. The molecule has 42 heavy (non-hydrogen) atoms. The maximum atomic E-state index is 12.8. The van der Waals surface area contributed by atoms with Crippen molar-refractivity contribution in [1.82, 2.24) is 20.1 Å². The van der Waals surface area contributed by atoms with Crippen molar-refractivity contribution in [2.45, 2.75) is 26.3 Å². The molecule has 0 radical (unpaired) electrons. The molecular formula is C33H30ClN5O3. The third-order valence-electron chi connectivity index (χ3n) is 7.47. The molecule has 6 rings (SSSR count). The van der Waals surface area contributed by atoms with Crippen LogP contribution < -0.4 is 14.8 Å². The summed E-state index contributed by atoms with van der Waals surface area (Å²) in [6.45, 7) is 4.35. The molecule has 1 aliphatic heterocycles. The van der Waals surface area contributed by atoms with Gasteiger partial charge in [-0.3, -0.25) is 14.4 Å². The molecule has 212 valence electrons.